The second-order valence-electron chi connectivity index (χ2n) is 7.15. The summed E-state index contributed by atoms with van der Waals surface area (Å²) in [5.41, 5.74) is 0.768. The van der Waals surface area contributed by atoms with E-state index in [0.717, 1.165) is 0 Å². The normalized spacial score (nSPS) is 12.1. The molecule has 5 rings (SSSR count). The van der Waals surface area contributed by atoms with E-state index in [1.807, 2.05) is 0 Å². The Balaban J connectivity index is 1.82. The van der Waals surface area contributed by atoms with Crippen LogP contribution in [0.5, 0.6) is 23.0 Å². The van der Waals surface area contributed by atoms with Gasteiger partial charge >= 0.3 is 17.9 Å². The maximum Gasteiger partial charge on any atom is 0.344 e. The van der Waals surface area contributed by atoms with Crippen LogP contribution in [0, 0.1) is 0 Å². The highest BCUT2D eigenvalue weighted by Crippen LogP contribution is 2.41. The Morgan fingerprint density at radius 1 is 0.706 bits per heavy atom. The molecular weight excluding hydrogens is 444 g/mol. The first-order chi connectivity index (χ1) is 16.5. The molecular formula is C24H16N2O8. The first-order valence-electron chi connectivity index (χ1n) is 9.98. The number of hydrogen-bond acceptors (Lipinski definition) is 10. The van der Waals surface area contributed by atoms with E-state index in [9.17, 15) is 14.4 Å². The molecule has 3 aromatic rings. The van der Waals surface area contributed by atoms with Crippen molar-refractivity contribution in [3.8, 4) is 23.0 Å². The number of carbonyl (C=O) groups excluding carboxylic acids is 3. The van der Waals surface area contributed by atoms with Crippen LogP contribution in [0.15, 0.2) is 52.4 Å². The minimum atomic E-state index is -0.748. The van der Waals surface area contributed by atoms with Gasteiger partial charge in [0.2, 0.25) is 0 Å². The van der Waals surface area contributed by atoms with E-state index in [1.165, 1.54) is 33.5 Å². The van der Waals surface area contributed by atoms with E-state index >= 15 is 0 Å². The van der Waals surface area contributed by atoms with Gasteiger partial charge in [-0.1, -0.05) is 12.1 Å². The van der Waals surface area contributed by atoms with E-state index in [2.05, 4.69) is 9.98 Å². The number of hydrogen-bond donors (Lipinski definition) is 0. The van der Waals surface area contributed by atoms with Crippen molar-refractivity contribution < 1.29 is 38.1 Å². The lowest BCUT2D eigenvalue weighted by Gasteiger charge is -2.21. The third kappa shape index (κ3) is 3.15. The van der Waals surface area contributed by atoms with Gasteiger partial charge in [0.15, 0.2) is 23.0 Å². The van der Waals surface area contributed by atoms with Gasteiger partial charge < -0.3 is 23.7 Å². The number of benzene rings is 3. The molecule has 0 aliphatic carbocycles. The van der Waals surface area contributed by atoms with Crippen LogP contribution in [0.25, 0.3) is 0 Å². The predicted octanol–water partition coefficient (Wildman–Crippen LogP) is 3.16. The molecule has 34 heavy (non-hydrogen) atoms. The zero-order chi connectivity index (χ0) is 24.0. The van der Waals surface area contributed by atoms with E-state index in [0.29, 0.717) is 5.75 Å². The molecule has 0 atom stereocenters. The first kappa shape index (κ1) is 21.1. The summed E-state index contributed by atoms with van der Waals surface area (Å²) >= 11 is 0. The Morgan fingerprint density at radius 2 is 1.26 bits per heavy atom. The van der Waals surface area contributed by atoms with Gasteiger partial charge in [-0.3, -0.25) is 0 Å². The molecule has 0 saturated heterocycles. The fraction of sp³-hybridized carbons (Fsp3) is 0.125. The molecule has 0 fully saturated rings. The quantitative estimate of drug-likeness (QED) is 0.297. The van der Waals surface area contributed by atoms with Crippen LogP contribution < -0.4 is 20.2 Å². The SMILES string of the molecule is COC(=O)c1cccc2c1N=c1cc3c(c(C(=O)OC)c1O2)=Nc1c(cccc1C(=O)OC)O3. The highest BCUT2D eigenvalue weighted by atomic mass is 16.5. The van der Waals surface area contributed by atoms with E-state index in [4.69, 9.17) is 23.7 Å². The molecule has 3 aromatic carbocycles. The minimum Gasteiger partial charge on any atom is -0.465 e. The maximum absolute atomic E-state index is 12.9. The summed E-state index contributed by atoms with van der Waals surface area (Å²) in [6.45, 7) is 0. The summed E-state index contributed by atoms with van der Waals surface area (Å²) in [6, 6.07) is 11.1. The van der Waals surface area contributed by atoms with Gasteiger partial charge in [0.1, 0.15) is 27.7 Å². The minimum absolute atomic E-state index is 0.0433. The van der Waals surface area contributed by atoms with Gasteiger partial charge in [-0.15, -0.1) is 0 Å². The number of nitrogens with zero attached hydrogens (tertiary/aromatic N) is 2. The zero-order valence-electron chi connectivity index (χ0n) is 18.2. The van der Waals surface area contributed by atoms with Gasteiger partial charge in [0.25, 0.3) is 0 Å². The van der Waals surface area contributed by atoms with Crippen molar-refractivity contribution in [1.29, 1.82) is 0 Å². The standard InChI is InChI=1S/C24H16N2O8/c1-30-22(27)11-6-5-9-15-18(11)25-13-10-16-20(17(21(13)34-15)24(29)32-3)26-19-12(23(28)31-2)7-4-8-14(19)33-16/h4-10H,1-3H3. The van der Waals surface area contributed by atoms with Crippen molar-refractivity contribution in [2.24, 2.45) is 9.98 Å². The number of esters is 3. The van der Waals surface area contributed by atoms with Crippen molar-refractivity contribution >= 4 is 29.3 Å². The van der Waals surface area contributed by atoms with Crippen molar-refractivity contribution in [2.45, 2.75) is 0 Å². The molecule has 0 bridgehead atoms. The number of fused-ring (bicyclic) bond motifs is 4. The van der Waals surface area contributed by atoms with Gasteiger partial charge in [-0.2, -0.15) is 0 Å². The monoisotopic (exact) mass is 460 g/mol. The summed E-state index contributed by atoms with van der Waals surface area (Å²) in [6.07, 6.45) is 0. The van der Waals surface area contributed by atoms with E-state index in [1.54, 1.807) is 30.3 Å². The lowest BCUT2D eigenvalue weighted by atomic mass is 10.1. The lowest BCUT2D eigenvalue weighted by Crippen LogP contribution is -2.28. The Bertz CT molecular complexity index is 1530. The van der Waals surface area contributed by atoms with Crippen LogP contribution in [-0.2, 0) is 14.2 Å². The van der Waals surface area contributed by atoms with Crippen molar-refractivity contribution in [3.05, 3.63) is 69.9 Å². The molecule has 0 saturated carbocycles. The molecule has 0 radical (unpaired) electrons. The number of carbonyl (C=O) groups is 3. The molecule has 2 aliphatic rings. The molecule has 0 amide bonds. The van der Waals surface area contributed by atoms with Crippen molar-refractivity contribution in [1.82, 2.24) is 0 Å². The van der Waals surface area contributed by atoms with Crippen LogP contribution in [0.3, 0.4) is 0 Å². The molecule has 0 spiro atoms. The number of para-hydroxylation sites is 2. The molecule has 170 valence electrons. The van der Waals surface area contributed by atoms with Crippen LogP contribution in [0.1, 0.15) is 31.1 Å². The molecule has 10 nitrogen and oxygen atoms in total. The average Bonchev–Trinajstić information content (AvgIpc) is 2.87. The number of methoxy groups -OCH3 is 3. The summed E-state index contributed by atoms with van der Waals surface area (Å²) in [7, 11) is 3.74. The Labute approximate surface area is 192 Å². The molecule has 10 heteroatoms. The Kier molecular flexibility index (Phi) is 4.97. The maximum atomic E-state index is 12.9. The van der Waals surface area contributed by atoms with Crippen molar-refractivity contribution in [3.63, 3.8) is 0 Å². The molecule has 0 N–H and O–H groups in total. The predicted molar refractivity (Wildman–Crippen MR) is 115 cm³/mol. The summed E-state index contributed by atoms with van der Waals surface area (Å²) < 4.78 is 26.6. The third-order valence-corrected chi connectivity index (χ3v) is 5.28. The largest absolute Gasteiger partial charge is 0.465 e. The molecule has 2 heterocycles. The van der Waals surface area contributed by atoms with E-state index < -0.39 is 17.9 Å². The van der Waals surface area contributed by atoms with Crippen LogP contribution in [-0.4, -0.2) is 39.2 Å². The average molecular weight is 460 g/mol. The Hall–Kier alpha value is -4.73. The summed E-state index contributed by atoms with van der Waals surface area (Å²) in [5.74, 6) is -1.14. The van der Waals surface area contributed by atoms with Gasteiger partial charge in [0, 0.05) is 6.07 Å². The second-order valence-corrected chi connectivity index (χ2v) is 7.15. The van der Waals surface area contributed by atoms with Gasteiger partial charge in [0.05, 0.1) is 32.5 Å². The van der Waals surface area contributed by atoms with Gasteiger partial charge in [-0.05, 0) is 24.3 Å². The van der Waals surface area contributed by atoms with Crippen LogP contribution >= 0.6 is 0 Å². The Morgan fingerprint density at radius 3 is 1.85 bits per heavy atom. The molecule has 0 unspecified atom stereocenters. The highest BCUT2D eigenvalue weighted by Gasteiger charge is 2.30. The number of ether oxygens (including phenoxy) is 5. The molecule has 2 aliphatic heterocycles. The van der Waals surface area contributed by atoms with Crippen LogP contribution in [0.2, 0.25) is 0 Å². The van der Waals surface area contributed by atoms with Crippen LogP contribution in [0.4, 0.5) is 11.4 Å². The fourth-order valence-electron chi connectivity index (χ4n) is 3.73. The topological polar surface area (TPSA) is 122 Å². The van der Waals surface area contributed by atoms with Gasteiger partial charge in [-0.25, -0.2) is 24.4 Å². The number of rotatable bonds is 3. The third-order valence-electron chi connectivity index (χ3n) is 5.28. The lowest BCUT2D eigenvalue weighted by molar-refractivity contribution is 0.0587. The first-order valence-corrected chi connectivity index (χ1v) is 9.98. The fourth-order valence-corrected chi connectivity index (χ4v) is 3.73. The molecule has 0 aromatic heterocycles. The second kappa shape index (κ2) is 8.00. The summed E-state index contributed by atoms with van der Waals surface area (Å²) in [5, 5.41) is 0.336. The van der Waals surface area contributed by atoms with E-state index in [-0.39, 0.29) is 56.0 Å². The summed E-state index contributed by atoms with van der Waals surface area (Å²) in [4.78, 5) is 46.4. The highest BCUT2D eigenvalue weighted by molar-refractivity contribution is 5.98. The zero-order valence-corrected chi connectivity index (χ0v) is 18.2. The van der Waals surface area contributed by atoms with Crippen molar-refractivity contribution in [2.75, 3.05) is 21.3 Å². The smallest absolute Gasteiger partial charge is 0.344 e.